The topological polar surface area (TPSA) is 17.8 Å². The van der Waals surface area contributed by atoms with Crippen molar-refractivity contribution >= 4 is 34.8 Å². The van der Waals surface area contributed by atoms with Crippen LogP contribution in [0.1, 0.15) is 16.8 Å². The molecule has 1 aromatic heterocycles. The maximum absolute atomic E-state index is 13.5. The number of aryl methyl sites for hydroxylation is 2. The van der Waals surface area contributed by atoms with Gasteiger partial charge in [-0.05, 0) is 31.0 Å². The molecule has 0 aliphatic carbocycles. The molecule has 0 bridgehead atoms. The van der Waals surface area contributed by atoms with Crippen LogP contribution in [-0.2, 0) is 18.9 Å². The van der Waals surface area contributed by atoms with Crippen molar-refractivity contribution in [3.63, 3.8) is 0 Å². The van der Waals surface area contributed by atoms with Gasteiger partial charge in [-0.15, -0.1) is 23.2 Å². The summed E-state index contributed by atoms with van der Waals surface area (Å²) in [5.74, 6) is 0.232. The molecule has 0 aliphatic heterocycles. The van der Waals surface area contributed by atoms with Crippen molar-refractivity contribution in [3.8, 4) is 0 Å². The fraction of sp³-hybridized carbons (Fsp3) is 0.400. The molecule has 0 unspecified atom stereocenters. The lowest BCUT2D eigenvalue weighted by Gasteiger charge is -2.30. The van der Waals surface area contributed by atoms with Gasteiger partial charge in [-0.1, -0.05) is 23.7 Å². The second-order valence-corrected chi connectivity index (χ2v) is 6.11. The van der Waals surface area contributed by atoms with E-state index in [9.17, 15) is 4.39 Å². The van der Waals surface area contributed by atoms with Gasteiger partial charge in [-0.2, -0.15) is 5.10 Å². The van der Waals surface area contributed by atoms with E-state index < -0.39 is 5.41 Å². The molecular formula is C15H16Cl3FN2. The average Bonchev–Trinajstić information content (AvgIpc) is 2.70. The van der Waals surface area contributed by atoms with Crippen LogP contribution in [-0.4, -0.2) is 21.5 Å². The molecule has 0 amide bonds. The number of alkyl halides is 2. The minimum absolute atomic E-state index is 0.268. The summed E-state index contributed by atoms with van der Waals surface area (Å²) in [6.45, 7) is 1.89. The third kappa shape index (κ3) is 3.20. The Kier molecular flexibility index (Phi) is 5.18. The predicted molar refractivity (Wildman–Crippen MR) is 86.2 cm³/mol. The first-order valence-electron chi connectivity index (χ1n) is 6.49. The van der Waals surface area contributed by atoms with Crippen molar-refractivity contribution in [3.05, 3.63) is 52.1 Å². The lowest BCUT2D eigenvalue weighted by atomic mass is 9.79. The summed E-state index contributed by atoms with van der Waals surface area (Å²) in [5.41, 5.74) is 1.91. The van der Waals surface area contributed by atoms with Crippen LogP contribution in [0.2, 0.25) is 5.15 Å². The van der Waals surface area contributed by atoms with Gasteiger partial charge >= 0.3 is 0 Å². The van der Waals surface area contributed by atoms with Gasteiger partial charge in [-0.3, -0.25) is 4.68 Å². The lowest BCUT2D eigenvalue weighted by Crippen LogP contribution is -2.33. The summed E-state index contributed by atoms with van der Waals surface area (Å²) < 4.78 is 15.2. The Hall–Kier alpha value is -0.770. The zero-order valence-corrected chi connectivity index (χ0v) is 14.1. The van der Waals surface area contributed by atoms with Crippen molar-refractivity contribution in [1.82, 2.24) is 9.78 Å². The normalized spacial score (nSPS) is 11.9. The monoisotopic (exact) mass is 348 g/mol. The fourth-order valence-electron chi connectivity index (χ4n) is 2.42. The highest BCUT2D eigenvalue weighted by Gasteiger charge is 2.33. The van der Waals surface area contributed by atoms with Gasteiger partial charge in [0.15, 0.2) is 0 Å². The Bertz CT molecular complexity index is 636. The van der Waals surface area contributed by atoms with Crippen LogP contribution in [0.15, 0.2) is 24.3 Å². The summed E-state index contributed by atoms with van der Waals surface area (Å²) >= 11 is 18.7. The van der Waals surface area contributed by atoms with Crippen LogP contribution in [0.5, 0.6) is 0 Å². The smallest absolute Gasteiger partial charge is 0.130 e. The molecule has 0 radical (unpaired) electrons. The van der Waals surface area contributed by atoms with Gasteiger partial charge < -0.3 is 0 Å². The summed E-state index contributed by atoms with van der Waals surface area (Å²) in [4.78, 5) is 0. The molecule has 0 aliphatic rings. The Morgan fingerprint density at radius 2 is 1.95 bits per heavy atom. The molecule has 0 N–H and O–H groups in total. The highest BCUT2D eigenvalue weighted by molar-refractivity contribution is 6.30. The second kappa shape index (κ2) is 6.55. The van der Waals surface area contributed by atoms with Crippen molar-refractivity contribution in [2.75, 3.05) is 11.8 Å². The number of benzene rings is 1. The predicted octanol–water partition coefficient (Wildman–Crippen LogP) is 4.48. The second-order valence-electron chi connectivity index (χ2n) is 5.21. The summed E-state index contributed by atoms with van der Waals surface area (Å²) in [6, 6.07) is 6.38. The van der Waals surface area contributed by atoms with Crippen LogP contribution in [0, 0.1) is 12.7 Å². The summed E-state index contributed by atoms with van der Waals surface area (Å²) in [7, 11) is 1.78. The van der Waals surface area contributed by atoms with E-state index in [1.54, 1.807) is 17.8 Å². The molecule has 1 heterocycles. The molecule has 0 atom stereocenters. The third-order valence-electron chi connectivity index (χ3n) is 3.73. The molecular weight excluding hydrogens is 334 g/mol. The van der Waals surface area contributed by atoms with E-state index >= 15 is 0 Å². The number of hydrogen-bond donors (Lipinski definition) is 0. The van der Waals surface area contributed by atoms with Gasteiger partial charge in [0.25, 0.3) is 0 Å². The van der Waals surface area contributed by atoms with Crippen LogP contribution in [0.4, 0.5) is 4.39 Å². The number of rotatable bonds is 5. The molecule has 6 heteroatoms. The summed E-state index contributed by atoms with van der Waals surface area (Å²) in [5, 5.41) is 4.86. The van der Waals surface area contributed by atoms with E-state index in [2.05, 4.69) is 5.10 Å². The van der Waals surface area contributed by atoms with Gasteiger partial charge in [-0.25, -0.2) is 4.39 Å². The molecule has 1 aromatic carbocycles. The van der Waals surface area contributed by atoms with E-state index in [-0.39, 0.29) is 17.6 Å². The molecule has 2 aromatic rings. The van der Waals surface area contributed by atoms with Crippen molar-refractivity contribution in [1.29, 1.82) is 0 Å². The Morgan fingerprint density at radius 3 is 2.43 bits per heavy atom. The number of nitrogens with zero attached hydrogens (tertiary/aromatic N) is 2. The van der Waals surface area contributed by atoms with E-state index in [0.29, 0.717) is 11.6 Å². The van der Waals surface area contributed by atoms with Crippen molar-refractivity contribution < 1.29 is 4.39 Å². The molecule has 0 fully saturated rings. The molecule has 21 heavy (non-hydrogen) atoms. The zero-order chi connectivity index (χ0) is 15.6. The van der Waals surface area contributed by atoms with Gasteiger partial charge in [0, 0.05) is 29.8 Å². The quantitative estimate of drug-likeness (QED) is 0.728. The van der Waals surface area contributed by atoms with E-state index in [0.717, 1.165) is 16.8 Å². The van der Waals surface area contributed by atoms with Crippen molar-refractivity contribution in [2.45, 2.75) is 18.8 Å². The Balaban J connectivity index is 2.48. The third-order valence-corrected chi connectivity index (χ3v) is 5.23. The highest BCUT2D eigenvalue weighted by Crippen LogP contribution is 2.35. The first-order chi connectivity index (χ1) is 9.93. The number of aromatic nitrogens is 2. The van der Waals surface area contributed by atoms with Gasteiger partial charge in [0.1, 0.15) is 11.0 Å². The first kappa shape index (κ1) is 16.6. The first-order valence-corrected chi connectivity index (χ1v) is 7.94. The SMILES string of the molecule is Cc1nn(C)c(Cl)c1CC(CCl)(CCl)c1cccc(F)c1. The molecule has 0 saturated carbocycles. The molecule has 114 valence electrons. The number of hydrogen-bond acceptors (Lipinski definition) is 1. The minimum atomic E-state index is -0.581. The van der Waals surface area contributed by atoms with E-state index in [1.165, 1.54) is 12.1 Å². The van der Waals surface area contributed by atoms with Gasteiger partial charge in [0.2, 0.25) is 0 Å². The van der Waals surface area contributed by atoms with Crippen molar-refractivity contribution in [2.24, 2.45) is 7.05 Å². The lowest BCUT2D eigenvalue weighted by molar-refractivity contribution is 0.527. The molecule has 0 spiro atoms. The standard InChI is InChI=1S/C15H16Cl3FN2/c1-10-13(14(18)21(2)20-10)7-15(8-16,9-17)11-4-3-5-12(19)6-11/h3-6H,7-9H2,1-2H3. The van der Waals surface area contributed by atoms with Crippen LogP contribution in [0.25, 0.3) is 0 Å². The maximum atomic E-state index is 13.5. The Morgan fingerprint density at radius 1 is 1.29 bits per heavy atom. The summed E-state index contributed by atoms with van der Waals surface area (Å²) in [6.07, 6.45) is 0.516. The largest absolute Gasteiger partial charge is 0.257 e. The minimum Gasteiger partial charge on any atom is -0.257 e. The van der Waals surface area contributed by atoms with Gasteiger partial charge in [0.05, 0.1) is 5.69 Å². The fourth-order valence-corrected chi connectivity index (χ4v) is 3.44. The van der Waals surface area contributed by atoms with E-state index in [4.69, 9.17) is 34.8 Å². The van der Waals surface area contributed by atoms with Crippen LogP contribution >= 0.6 is 34.8 Å². The Labute approximate surface area is 138 Å². The number of halogens is 4. The highest BCUT2D eigenvalue weighted by atomic mass is 35.5. The van der Waals surface area contributed by atoms with E-state index in [1.807, 2.05) is 13.0 Å². The maximum Gasteiger partial charge on any atom is 0.130 e. The zero-order valence-electron chi connectivity index (χ0n) is 11.8. The van der Waals surface area contributed by atoms with Crippen LogP contribution in [0.3, 0.4) is 0 Å². The molecule has 2 nitrogen and oxygen atoms in total. The van der Waals surface area contributed by atoms with Crippen LogP contribution < -0.4 is 0 Å². The molecule has 0 saturated heterocycles. The molecule has 2 rings (SSSR count). The average molecular weight is 350 g/mol.